The van der Waals surface area contributed by atoms with Crippen molar-refractivity contribution in [2.24, 2.45) is 0 Å². The van der Waals surface area contributed by atoms with E-state index in [2.05, 4.69) is 88.9 Å². The maximum absolute atomic E-state index is 4.89. The number of aromatic nitrogens is 3. The van der Waals surface area contributed by atoms with E-state index in [-0.39, 0.29) is 6.04 Å². The standard InChI is InChI=1S/C31H33N5S/c1-22-11-16-26(37-22)19-32-18-23-12-14-24(15-13-23)20-36(21-30-34-27-8-2-3-9-28(27)35-30)29-10-4-6-25-7-5-17-33-31(25)29/h2-3,5,7-9,11-17,29,32H,4,6,10,18-21H2,1H3,(H,34,35). The molecule has 0 amide bonds. The average molecular weight is 508 g/mol. The SMILES string of the molecule is Cc1ccc(CNCc2ccc(CN(Cc3nc4ccccc4[nH]3)C3CCCc4cccnc43)cc2)s1. The summed E-state index contributed by atoms with van der Waals surface area (Å²) in [5.41, 5.74) is 7.36. The molecule has 6 heteroatoms. The highest BCUT2D eigenvalue weighted by Gasteiger charge is 2.28. The number of hydrogen-bond donors (Lipinski definition) is 2. The van der Waals surface area contributed by atoms with Crippen LogP contribution in [0.1, 0.15) is 56.8 Å². The molecule has 5 nitrogen and oxygen atoms in total. The monoisotopic (exact) mass is 507 g/mol. The quantitative estimate of drug-likeness (QED) is 0.233. The van der Waals surface area contributed by atoms with Gasteiger partial charge in [0.1, 0.15) is 5.82 Å². The molecule has 37 heavy (non-hydrogen) atoms. The number of thiophene rings is 1. The van der Waals surface area contributed by atoms with E-state index in [0.717, 1.165) is 55.9 Å². The van der Waals surface area contributed by atoms with E-state index in [0.29, 0.717) is 0 Å². The molecule has 188 valence electrons. The second kappa shape index (κ2) is 11.0. The number of rotatable bonds is 9. The van der Waals surface area contributed by atoms with Gasteiger partial charge in [-0.15, -0.1) is 11.3 Å². The van der Waals surface area contributed by atoms with Crippen LogP contribution >= 0.6 is 11.3 Å². The number of para-hydroxylation sites is 2. The number of H-pyrrole nitrogens is 1. The van der Waals surface area contributed by atoms with Crippen molar-refractivity contribution in [1.82, 2.24) is 25.2 Å². The second-order valence-corrected chi connectivity index (χ2v) is 11.4. The van der Waals surface area contributed by atoms with E-state index in [1.165, 1.54) is 38.6 Å². The molecule has 0 fully saturated rings. The van der Waals surface area contributed by atoms with Crippen molar-refractivity contribution in [2.75, 3.05) is 0 Å². The highest BCUT2D eigenvalue weighted by atomic mass is 32.1. The summed E-state index contributed by atoms with van der Waals surface area (Å²) in [4.78, 5) is 18.6. The van der Waals surface area contributed by atoms with Gasteiger partial charge in [0, 0.05) is 35.6 Å². The van der Waals surface area contributed by atoms with E-state index < -0.39 is 0 Å². The molecule has 5 aromatic rings. The number of nitrogens with one attached hydrogen (secondary N) is 2. The molecule has 0 aliphatic heterocycles. The molecule has 1 aliphatic rings. The summed E-state index contributed by atoms with van der Waals surface area (Å²) in [5.74, 6) is 1.01. The van der Waals surface area contributed by atoms with Crippen LogP contribution in [-0.2, 0) is 32.6 Å². The van der Waals surface area contributed by atoms with Crippen LogP contribution in [0.5, 0.6) is 0 Å². The number of imidazole rings is 1. The fourth-order valence-corrected chi connectivity index (χ4v) is 6.26. The van der Waals surface area contributed by atoms with Crippen LogP contribution in [0.3, 0.4) is 0 Å². The lowest BCUT2D eigenvalue weighted by atomic mass is 9.90. The molecular weight excluding hydrogens is 474 g/mol. The van der Waals surface area contributed by atoms with Gasteiger partial charge in [0.15, 0.2) is 0 Å². The summed E-state index contributed by atoms with van der Waals surface area (Å²) >= 11 is 1.86. The van der Waals surface area contributed by atoms with Crippen molar-refractivity contribution in [2.45, 2.75) is 58.4 Å². The van der Waals surface area contributed by atoms with Crippen molar-refractivity contribution in [1.29, 1.82) is 0 Å². The van der Waals surface area contributed by atoms with Crippen molar-refractivity contribution in [3.05, 3.63) is 117 Å². The molecule has 3 heterocycles. The molecule has 2 aromatic carbocycles. The Morgan fingerprint density at radius 2 is 1.81 bits per heavy atom. The Kier molecular flexibility index (Phi) is 7.13. The van der Waals surface area contributed by atoms with Crippen LogP contribution in [0.4, 0.5) is 0 Å². The van der Waals surface area contributed by atoms with Crippen LogP contribution in [0.2, 0.25) is 0 Å². The predicted molar refractivity (Wildman–Crippen MR) is 151 cm³/mol. The Morgan fingerprint density at radius 1 is 0.946 bits per heavy atom. The lowest BCUT2D eigenvalue weighted by Gasteiger charge is -2.34. The molecule has 6 rings (SSSR count). The zero-order valence-corrected chi connectivity index (χ0v) is 22.1. The van der Waals surface area contributed by atoms with E-state index in [1.807, 2.05) is 23.6 Å². The van der Waals surface area contributed by atoms with Gasteiger partial charge in [0.2, 0.25) is 0 Å². The maximum Gasteiger partial charge on any atom is 0.121 e. The Morgan fingerprint density at radius 3 is 2.65 bits per heavy atom. The molecule has 1 aliphatic carbocycles. The third-order valence-corrected chi connectivity index (χ3v) is 8.23. The van der Waals surface area contributed by atoms with Crippen LogP contribution in [0.15, 0.2) is 79.0 Å². The Hall–Kier alpha value is -3.32. The van der Waals surface area contributed by atoms with Crippen molar-refractivity contribution < 1.29 is 0 Å². The molecule has 0 saturated carbocycles. The normalized spacial score (nSPS) is 15.4. The number of aromatic amines is 1. The molecule has 1 atom stereocenters. The molecule has 2 N–H and O–H groups in total. The second-order valence-electron chi connectivity index (χ2n) is 9.99. The Labute approximate surface area is 222 Å². The number of nitrogens with zero attached hydrogens (tertiary/aromatic N) is 3. The first-order valence-electron chi connectivity index (χ1n) is 13.2. The van der Waals surface area contributed by atoms with Gasteiger partial charge in [-0.3, -0.25) is 9.88 Å². The molecule has 0 saturated heterocycles. The minimum atomic E-state index is 0.286. The first-order valence-corrected chi connectivity index (χ1v) is 14.0. The van der Waals surface area contributed by atoms with Crippen LogP contribution < -0.4 is 5.32 Å². The van der Waals surface area contributed by atoms with Gasteiger partial charge >= 0.3 is 0 Å². The van der Waals surface area contributed by atoms with Crippen LogP contribution in [0.25, 0.3) is 11.0 Å². The van der Waals surface area contributed by atoms with Crippen molar-refractivity contribution >= 4 is 22.4 Å². The van der Waals surface area contributed by atoms with Gasteiger partial charge in [0.05, 0.1) is 29.3 Å². The van der Waals surface area contributed by atoms with Crippen LogP contribution in [-0.4, -0.2) is 19.9 Å². The lowest BCUT2D eigenvalue weighted by molar-refractivity contribution is 0.153. The van der Waals surface area contributed by atoms with Gasteiger partial charge in [-0.25, -0.2) is 4.98 Å². The van der Waals surface area contributed by atoms with Crippen molar-refractivity contribution in [3.63, 3.8) is 0 Å². The van der Waals surface area contributed by atoms with Gasteiger partial charge < -0.3 is 10.3 Å². The molecule has 3 aromatic heterocycles. The van der Waals surface area contributed by atoms with E-state index in [1.54, 1.807) is 0 Å². The summed E-state index contributed by atoms with van der Waals surface area (Å²) in [6, 6.07) is 26.3. The largest absolute Gasteiger partial charge is 0.341 e. The average Bonchev–Trinajstić information content (AvgIpc) is 3.54. The summed E-state index contributed by atoms with van der Waals surface area (Å²) in [5, 5.41) is 3.58. The molecule has 0 bridgehead atoms. The summed E-state index contributed by atoms with van der Waals surface area (Å²) in [7, 11) is 0. The smallest absolute Gasteiger partial charge is 0.121 e. The number of aryl methyl sites for hydroxylation is 2. The minimum absolute atomic E-state index is 0.286. The van der Waals surface area contributed by atoms with Gasteiger partial charge in [-0.2, -0.15) is 0 Å². The van der Waals surface area contributed by atoms with Gasteiger partial charge in [0.25, 0.3) is 0 Å². The fraction of sp³-hybridized carbons (Fsp3) is 0.290. The Bertz CT molecular complexity index is 1440. The summed E-state index contributed by atoms with van der Waals surface area (Å²) < 4.78 is 0. The molecular formula is C31H33N5S. The zero-order chi connectivity index (χ0) is 25.0. The maximum atomic E-state index is 4.89. The number of fused-ring (bicyclic) bond motifs is 2. The highest BCUT2D eigenvalue weighted by molar-refractivity contribution is 7.11. The minimum Gasteiger partial charge on any atom is -0.341 e. The lowest BCUT2D eigenvalue weighted by Crippen LogP contribution is -2.31. The molecule has 1 unspecified atom stereocenters. The zero-order valence-electron chi connectivity index (χ0n) is 21.3. The van der Waals surface area contributed by atoms with Gasteiger partial charge in [-0.1, -0.05) is 42.5 Å². The Balaban J connectivity index is 1.19. The van der Waals surface area contributed by atoms with E-state index in [4.69, 9.17) is 9.97 Å². The summed E-state index contributed by atoms with van der Waals surface area (Å²) in [6.45, 7) is 5.57. The predicted octanol–water partition coefficient (Wildman–Crippen LogP) is 6.70. The third-order valence-electron chi connectivity index (χ3n) is 7.23. The number of pyridine rings is 1. The van der Waals surface area contributed by atoms with E-state index >= 15 is 0 Å². The number of hydrogen-bond acceptors (Lipinski definition) is 5. The van der Waals surface area contributed by atoms with E-state index in [9.17, 15) is 0 Å². The van der Waals surface area contributed by atoms with Crippen molar-refractivity contribution in [3.8, 4) is 0 Å². The van der Waals surface area contributed by atoms with Gasteiger partial charge in [-0.05, 0) is 73.2 Å². The highest BCUT2D eigenvalue weighted by Crippen LogP contribution is 2.34. The topological polar surface area (TPSA) is 56.8 Å². The fourth-order valence-electron chi connectivity index (χ4n) is 5.40. The molecule has 0 spiro atoms. The first kappa shape index (κ1) is 24.0. The first-order chi connectivity index (χ1) is 18.2. The molecule has 0 radical (unpaired) electrons. The number of benzene rings is 2. The van der Waals surface area contributed by atoms with Crippen LogP contribution in [0, 0.1) is 6.92 Å². The summed E-state index contributed by atoms with van der Waals surface area (Å²) in [6.07, 6.45) is 5.36. The third kappa shape index (κ3) is 5.67.